The van der Waals surface area contributed by atoms with E-state index in [-0.39, 0.29) is 0 Å². The third kappa shape index (κ3) is 2.40. The fourth-order valence-corrected chi connectivity index (χ4v) is 3.34. The van der Waals surface area contributed by atoms with Crippen LogP contribution in [0.3, 0.4) is 0 Å². The number of hydrogen-bond donors (Lipinski definition) is 0. The molecule has 0 bridgehead atoms. The molecular formula is C18H17Br. The van der Waals surface area contributed by atoms with Gasteiger partial charge in [-0.2, -0.15) is 0 Å². The van der Waals surface area contributed by atoms with Crippen molar-refractivity contribution in [1.82, 2.24) is 0 Å². The molecule has 19 heavy (non-hydrogen) atoms. The third-order valence-electron chi connectivity index (χ3n) is 3.73. The molecule has 0 nitrogen and oxygen atoms in total. The summed E-state index contributed by atoms with van der Waals surface area (Å²) in [5.74, 6) is 0.417. The minimum Gasteiger partial charge on any atom is -0.0720 e. The fourth-order valence-electron chi connectivity index (χ4n) is 2.78. The molecule has 2 aromatic rings. The van der Waals surface area contributed by atoms with Crippen LogP contribution in [0.5, 0.6) is 0 Å². The second kappa shape index (κ2) is 5.34. The van der Waals surface area contributed by atoms with Crippen LogP contribution < -0.4 is 0 Å². The number of aryl methyl sites for hydroxylation is 1. The molecule has 1 atom stereocenters. The molecule has 0 fully saturated rings. The van der Waals surface area contributed by atoms with Gasteiger partial charge >= 0.3 is 0 Å². The highest BCUT2D eigenvalue weighted by Gasteiger charge is 2.20. The van der Waals surface area contributed by atoms with Gasteiger partial charge in [0.25, 0.3) is 0 Å². The fraction of sp³-hybridized carbons (Fsp3) is 0.222. The summed E-state index contributed by atoms with van der Waals surface area (Å²) < 4.78 is 1.24. The standard InChI is InChI=1S/C18H17Br/c1-2-6-15-11-17-14(12-18(15)19)9-10-16(17)13-7-4-3-5-8-13/h3-5,7-12,16H,2,6H2,1H3. The number of hydrogen-bond acceptors (Lipinski definition) is 0. The first-order valence-electron chi connectivity index (χ1n) is 6.85. The van der Waals surface area contributed by atoms with Crippen molar-refractivity contribution < 1.29 is 0 Å². The van der Waals surface area contributed by atoms with Crippen molar-refractivity contribution in [1.29, 1.82) is 0 Å². The highest BCUT2D eigenvalue weighted by Crippen LogP contribution is 2.38. The van der Waals surface area contributed by atoms with Gasteiger partial charge in [-0.05, 0) is 34.7 Å². The second-order valence-electron chi connectivity index (χ2n) is 5.07. The molecule has 0 saturated heterocycles. The molecule has 0 amide bonds. The molecule has 1 heteroatoms. The Hall–Kier alpha value is -1.34. The molecule has 96 valence electrons. The summed E-state index contributed by atoms with van der Waals surface area (Å²) >= 11 is 3.69. The molecule has 0 aromatic heterocycles. The smallest absolute Gasteiger partial charge is 0.0278 e. The summed E-state index contributed by atoms with van der Waals surface area (Å²) in [5, 5.41) is 0. The summed E-state index contributed by atoms with van der Waals surface area (Å²) in [6.45, 7) is 2.23. The lowest BCUT2D eigenvalue weighted by Crippen LogP contribution is -1.98. The Morgan fingerprint density at radius 2 is 1.89 bits per heavy atom. The van der Waals surface area contributed by atoms with E-state index in [1.54, 1.807) is 0 Å². The summed E-state index contributed by atoms with van der Waals surface area (Å²) in [4.78, 5) is 0. The van der Waals surface area contributed by atoms with Gasteiger partial charge in [-0.25, -0.2) is 0 Å². The average Bonchev–Trinajstić information content (AvgIpc) is 2.83. The topological polar surface area (TPSA) is 0 Å². The lowest BCUT2D eigenvalue weighted by Gasteiger charge is -2.14. The molecule has 2 aromatic carbocycles. The molecule has 1 unspecified atom stereocenters. The number of benzene rings is 2. The molecule has 1 aliphatic rings. The van der Waals surface area contributed by atoms with E-state index in [1.165, 1.54) is 33.1 Å². The van der Waals surface area contributed by atoms with Crippen molar-refractivity contribution in [3.8, 4) is 0 Å². The highest BCUT2D eigenvalue weighted by atomic mass is 79.9. The second-order valence-corrected chi connectivity index (χ2v) is 5.92. The SMILES string of the molecule is CCCc1cc2c(cc1Br)C=CC2c1ccccc1. The Morgan fingerprint density at radius 1 is 1.11 bits per heavy atom. The molecular weight excluding hydrogens is 296 g/mol. The largest absolute Gasteiger partial charge is 0.0720 e. The Morgan fingerprint density at radius 3 is 2.63 bits per heavy atom. The van der Waals surface area contributed by atoms with Crippen molar-refractivity contribution in [2.75, 3.05) is 0 Å². The monoisotopic (exact) mass is 312 g/mol. The van der Waals surface area contributed by atoms with E-state index < -0.39 is 0 Å². The minimum atomic E-state index is 0.417. The van der Waals surface area contributed by atoms with E-state index in [9.17, 15) is 0 Å². The van der Waals surface area contributed by atoms with Gasteiger partial charge in [0.1, 0.15) is 0 Å². The molecule has 1 aliphatic carbocycles. The van der Waals surface area contributed by atoms with Gasteiger partial charge in [0.2, 0.25) is 0 Å². The molecule has 0 radical (unpaired) electrons. The van der Waals surface area contributed by atoms with Crippen molar-refractivity contribution >= 4 is 22.0 Å². The minimum absolute atomic E-state index is 0.417. The molecule has 0 N–H and O–H groups in total. The van der Waals surface area contributed by atoms with Crippen LogP contribution in [0.25, 0.3) is 6.08 Å². The molecule has 0 saturated carbocycles. The quantitative estimate of drug-likeness (QED) is 0.696. The molecule has 0 spiro atoms. The zero-order chi connectivity index (χ0) is 13.2. The molecule has 0 aliphatic heterocycles. The van der Waals surface area contributed by atoms with Gasteiger partial charge in [-0.1, -0.05) is 77.8 Å². The zero-order valence-electron chi connectivity index (χ0n) is 11.1. The Kier molecular flexibility index (Phi) is 3.56. The Labute approximate surface area is 123 Å². The van der Waals surface area contributed by atoms with E-state index in [0.29, 0.717) is 5.92 Å². The van der Waals surface area contributed by atoms with Crippen LogP contribution in [0.15, 0.2) is 53.0 Å². The number of rotatable bonds is 3. The Balaban J connectivity index is 2.04. The van der Waals surface area contributed by atoms with E-state index in [1.807, 2.05) is 0 Å². The van der Waals surface area contributed by atoms with Gasteiger partial charge in [-0.3, -0.25) is 0 Å². The number of halogens is 1. The van der Waals surface area contributed by atoms with Crippen LogP contribution in [-0.4, -0.2) is 0 Å². The number of allylic oxidation sites excluding steroid dienone is 1. The summed E-state index contributed by atoms with van der Waals surface area (Å²) in [6.07, 6.45) is 6.87. The first-order chi connectivity index (χ1) is 9.29. The predicted molar refractivity (Wildman–Crippen MR) is 85.5 cm³/mol. The van der Waals surface area contributed by atoms with Crippen LogP contribution >= 0.6 is 15.9 Å². The Bertz CT molecular complexity index is 611. The lowest BCUT2D eigenvalue weighted by atomic mass is 9.91. The number of fused-ring (bicyclic) bond motifs is 1. The van der Waals surface area contributed by atoms with Gasteiger partial charge < -0.3 is 0 Å². The zero-order valence-corrected chi connectivity index (χ0v) is 12.7. The van der Waals surface area contributed by atoms with Gasteiger partial charge in [0.15, 0.2) is 0 Å². The first kappa shape index (κ1) is 12.7. The van der Waals surface area contributed by atoms with Crippen molar-refractivity contribution in [3.63, 3.8) is 0 Å². The van der Waals surface area contributed by atoms with Gasteiger partial charge in [0.05, 0.1) is 0 Å². The third-order valence-corrected chi connectivity index (χ3v) is 4.47. The van der Waals surface area contributed by atoms with Gasteiger partial charge in [0, 0.05) is 10.4 Å². The lowest BCUT2D eigenvalue weighted by molar-refractivity contribution is 0.909. The van der Waals surface area contributed by atoms with E-state index in [2.05, 4.69) is 77.5 Å². The normalized spacial score (nSPS) is 16.6. The van der Waals surface area contributed by atoms with Gasteiger partial charge in [-0.15, -0.1) is 0 Å². The maximum atomic E-state index is 3.69. The molecule has 3 rings (SSSR count). The molecule has 0 heterocycles. The van der Waals surface area contributed by atoms with Crippen LogP contribution in [0.1, 0.15) is 41.5 Å². The van der Waals surface area contributed by atoms with Crippen LogP contribution in [0.4, 0.5) is 0 Å². The van der Waals surface area contributed by atoms with E-state index in [0.717, 1.165) is 6.42 Å². The highest BCUT2D eigenvalue weighted by molar-refractivity contribution is 9.10. The first-order valence-corrected chi connectivity index (χ1v) is 7.64. The van der Waals surface area contributed by atoms with E-state index in [4.69, 9.17) is 0 Å². The maximum Gasteiger partial charge on any atom is 0.0278 e. The predicted octanol–water partition coefficient (Wildman–Crippen LogP) is 5.56. The van der Waals surface area contributed by atoms with Crippen molar-refractivity contribution in [2.45, 2.75) is 25.7 Å². The summed E-state index contributed by atoms with van der Waals surface area (Å²) in [7, 11) is 0. The van der Waals surface area contributed by atoms with Crippen LogP contribution in [-0.2, 0) is 6.42 Å². The maximum absolute atomic E-state index is 3.69. The van der Waals surface area contributed by atoms with E-state index >= 15 is 0 Å². The van der Waals surface area contributed by atoms with Crippen molar-refractivity contribution in [2.24, 2.45) is 0 Å². The average molecular weight is 313 g/mol. The van der Waals surface area contributed by atoms with Crippen LogP contribution in [0.2, 0.25) is 0 Å². The summed E-state index contributed by atoms with van der Waals surface area (Å²) in [6, 6.07) is 15.4. The van der Waals surface area contributed by atoms with Crippen molar-refractivity contribution in [3.05, 3.63) is 75.3 Å². The summed E-state index contributed by atoms with van der Waals surface area (Å²) in [5.41, 5.74) is 5.59. The van der Waals surface area contributed by atoms with Crippen LogP contribution in [0, 0.1) is 0 Å².